The van der Waals surface area contributed by atoms with Gasteiger partial charge in [-0.2, -0.15) is 5.10 Å². The minimum absolute atomic E-state index is 0.00907. The van der Waals surface area contributed by atoms with Crippen LogP contribution in [0.3, 0.4) is 0 Å². The topological polar surface area (TPSA) is 50.4 Å². The van der Waals surface area contributed by atoms with Gasteiger partial charge in [-0.15, -0.1) is 0 Å². The Morgan fingerprint density at radius 3 is 2.70 bits per heavy atom. The lowest BCUT2D eigenvalue weighted by molar-refractivity contribution is 0.170. The van der Waals surface area contributed by atoms with Crippen LogP contribution in [0.2, 0.25) is 0 Å². The first-order valence-electron chi connectivity index (χ1n) is 10.3. The van der Waals surface area contributed by atoms with E-state index in [-0.39, 0.29) is 11.5 Å². The lowest BCUT2D eigenvalue weighted by Crippen LogP contribution is -2.34. The average Bonchev–Trinajstić information content (AvgIpc) is 3.23. The van der Waals surface area contributed by atoms with Gasteiger partial charge in [0.15, 0.2) is 11.5 Å². The van der Waals surface area contributed by atoms with E-state index < -0.39 is 11.6 Å². The molecular formula is C23H23F2N3O2. The van der Waals surface area contributed by atoms with Crippen molar-refractivity contribution in [2.45, 2.75) is 25.3 Å². The number of rotatable bonds is 4. The molecule has 2 aliphatic heterocycles. The molecule has 0 radical (unpaired) electrons. The van der Waals surface area contributed by atoms with Crippen LogP contribution in [-0.4, -0.2) is 41.4 Å². The number of aromatic nitrogens is 2. The van der Waals surface area contributed by atoms with E-state index in [1.807, 2.05) is 12.1 Å². The molecule has 0 saturated carbocycles. The van der Waals surface area contributed by atoms with Crippen molar-refractivity contribution in [3.8, 4) is 22.6 Å². The van der Waals surface area contributed by atoms with Crippen LogP contribution in [-0.2, 0) is 6.54 Å². The van der Waals surface area contributed by atoms with Crippen molar-refractivity contribution >= 4 is 0 Å². The summed E-state index contributed by atoms with van der Waals surface area (Å²) in [6.45, 7) is 3.69. The van der Waals surface area contributed by atoms with Gasteiger partial charge in [-0.05, 0) is 49.2 Å². The van der Waals surface area contributed by atoms with Crippen LogP contribution in [0.25, 0.3) is 11.1 Å². The van der Waals surface area contributed by atoms with Gasteiger partial charge in [-0.25, -0.2) is 8.78 Å². The van der Waals surface area contributed by atoms with Gasteiger partial charge in [0, 0.05) is 30.3 Å². The zero-order chi connectivity index (χ0) is 20.5. The summed E-state index contributed by atoms with van der Waals surface area (Å²) in [5.41, 5.74) is 2.46. The Balaban J connectivity index is 1.35. The highest BCUT2D eigenvalue weighted by atomic mass is 19.1. The number of halogens is 2. The van der Waals surface area contributed by atoms with Crippen molar-refractivity contribution in [3.05, 3.63) is 65.5 Å². The van der Waals surface area contributed by atoms with Gasteiger partial charge in [0.25, 0.3) is 0 Å². The van der Waals surface area contributed by atoms with Gasteiger partial charge in [0.1, 0.15) is 24.8 Å². The largest absolute Gasteiger partial charge is 0.486 e. The molecule has 0 spiro atoms. The van der Waals surface area contributed by atoms with Gasteiger partial charge in [-0.1, -0.05) is 12.1 Å². The normalized spacial score (nSPS) is 19.1. The number of nitrogens with one attached hydrogen (secondary N) is 1. The number of aromatic amines is 1. The lowest BCUT2D eigenvalue weighted by Gasteiger charge is -2.33. The maximum Gasteiger partial charge on any atom is 0.161 e. The monoisotopic (exact) mass is 411 g/mol. The van der Waals surface area contributed by atoms with Crippen LogP contribution >= 0.6 is 0 Å². The Kier molecular flexibility index (Phi) is 5.12. The molecule has 1 fully saturated rings. The fourth-order valence-corrected chi connectivity index (χ4v) is 4.44. The zero-order valence-corrected chi connectivity index (χ0v) is 16.5. The molecule has 156 valence electrons. The number of fused-ring (bicyclic) bond motifs is 1. The molecule has 3 heterocycles. The first-order chi connectivity index (χ1) is 14.7. The SMILES string of the molecule is Fc1cccc(F)c1-c1cn[nH]c1[C@H]1CCCN(Cc2ccc3c(c2)OCCO3)C1. The van der Waals surface area contributed by atoms with E-state index in [0.29, 0.717) is 18.8 Å². The molecule has 1 N–H and O–H groups in total. The molecular weight excluding hydrogens is 388 g/mol. The van der Waals surface area contributed by atoms with Gasteiger partial charge in [0.2, 0.25) is 0 Å². The highest BCUT2D eigenvalue weighted by Gasteiger charge is 2.27. The molecule has 1 atom stereocenters. The maximum absolute atomic E-state index is 14.3. The summed E-state index contributed by atoms with van der Waals surface area (Å²) >= 11 is 0. The molecule has 1 aromatic heterocycles. The van der Waals surface area contributed by atoms with E-state index in [1.54, 1.807) is 0 Å². The van der Waals surface area contributed by atoms with Crippen LogP contribution in [0.5, 0.6) is 11.5 Å². The number of piperidine rings is 1. The van der Waals surface area contributed by atoms with Crippen LogP contribution in [0.4, 0.5) is 8.78 Å². The van der Waals surface area contributed by atoms with E-state index >= 15 is 0 Å². The molecule has 0 aliphatic carbocycles. The number of likely N-dealkylation sites (tertiary alicyclic amines) is 1. The predicted octanol–water partition coefficient (Wildman–Crippen LogP) is 4.51. The quantitative estimate of drug-likeness (QED) is 0.687. The fraction of sp³-hybridized carbons (Fsp3) is 0.348. The third-order valence-electron chi connectivity index (χ3n) is 5.83. The van der Waals surface area contributed by atoms with Gasteiger partial charge in [0.05, 0.1) is 11.8 Å². The van der Waals surface area contributed by atoms with E-state index in [0.717, 1.165) is 55.2 Å². The minimum Gasteiger partial charge on any atom is -0.486 e. The van der Waals surface area contributed by atoms with Crippen molar-refractivity contribution in [2.24, 2.45) is 0 Å². The highest BCUT2D eigenvalue weighted by Crippen LogP contribution is 2.36. The summed E-state index contributed by atoms with van der Waals surface area (Å²) in [6.07, 6.45) is 3.48. The number of H-pyrrole nitrogens is 1. The van der Waals surface area contributed by atoms with Crippen molar-refractivity contribution < 1.29 is 18.3 Å². The molecule has 0 bridgehead atoms. The smallest absolute Gasteiger partial charge is 0.161 e. The Bertz CT molecular complexity index is 1030. The summed E-state index contributed by atoms with van der Waals surface area (Å²) in [4.78, 5) is 2.36. The molecule has 0 amide bonds. The van der Waals surface area contributed by atoms with E-state index in [9.17, 15) is 8.78 Å². The molecule has 0 unspecified atom stereocenters. The number of ether oxygens (including phenoxy) is 2. The second kappa shape index (κ2) is 8.07. The van der Waals surface area contributed by atoms with E-state index in [2.05, 4.69) is 21.2 Å². The standard InChI is InChI=1S/C23H23F2N3O2/c24-18-4-1-5-19(25)22(18)17-12-26-27-23(17)16-3-2-8-28(14-16)13-15-6-7-20-21(11-15)30-10-9-29-20/h1,4-7,11-12,16H,2-3,8-10,13-14H2,(H,26,27)/t16-/m0/s1. The van der Waals surface area contributed by atoms with Crippen LogP contribution in [0, 0.1) is 11.6 Å². The molecule has 3 aromatic rings. The second-order valence-electron chi connectivity index (χ2n) is 7.85. The molecule has 5 rings (SSSR count). The first-order valence-corrected chi connectivity index (χ1v) is 10.3. The Morgan fingerprint density at radius 1 is 1.07 bits per heavy atom. The summed E-state index contributed by atoms with van der Waals surface area (Å²) in [6, 6.07) is 10.00. The first kappa shape index (κ1) is 19.1. The molecule has 30 heavy (non-hydrogen) atoms. The summed E-state index contributed by atoms with van der Waals surface area (Å²) in [5.74, 6) is 0.574. The molecule has 2 aliphatic rings. The molecule has 5 nitrogen and oxygen atoms in total. The summed E-state index contributed by atoms with van der Waals surface area (Å²) < 4.78 is 40.0. The lowest BCUT2D eigenvalue weighted by atomic mass is 9.90. The van der Waals surface area contributed by atoms with Gasteiger partial charge >= 0.3 is 0 Å². The number of nitrogens with zero attached hydrogens (tertiary/aromatic N) is 2. The van der Waals surface area contributed by atoms with E-state index in [1.165, 1.54) is 24.4 Å². The Labute approximate surface area is 173 Å². The number of hydrogen-bond acceptors (Lipinski definition) is 4. The van der Waals surface area contributed by atoms with Gasteiger partial charge < -0.3 is 9.47 Å². The Hall–Kier alpha value is -2.93. The summed E-state index contributed by atoms with van der Waals surface area (Å²) in [7, 11) is 0. The average molecular weight is 411 g/mol. The summed E-state index contributed by atoms with van der Waals surface area (Å²) in [5, 5.41) is 7.11. The van der Waals surface area contributed by atoms with Crippen molar-refractivity contribution in [2.75, 3.05) is 26.3 Å². The van der Waals surface area contributed by atoms with Crippen LogP contribution in [0.1, 0.15) is 30.0 Å². The number of hydrogen-bond donors (Lipinski definition) is 1. The fourth-order valence-electron chi connectivity index (χ4n) is 4.44. The molecule has 2 aromatic carbocycles. The third-order valence-corrected chi connectivity index (χ3v) is 5.83. The van der Waals surface area contributed by atoms with Crippen molar-refractivity contribution in [1.82, 2.24) is 15.1 Å². The van der Waals surface area contributed by atoms with Crippen LogP contribution < -0.4 is 9.47 Å². The zero-order valence-electron chi connectivity index (χ0n) is 16.5. The molecule has 1 saturated heterocycles. The van der Waals surface area contributed by atoms with Crippen molar-refractivity contribution in [3.63, 3.8) is 0 Å². The maximum atomic E-state index is 14.3. The minimum atomic E-state index is -0.568. The third kappa shape index (κ3) is 3.65. The van der Waals surface area contributed by atoms with Crippen molar-refractivity contribution in [1.29, 1.82) is 0 Å². The molecule has 7 heteroatoms. The van der Waals surface area contributed by atoms with Crippen LogP contribution in [0.15, 0.2) is 42.6 Å². The number of benzene rings is 2. The van der Waals surface area contributed by atoms with Gasteiger partial charge in [-0.3, -0.25) is 10.00 Å². The van der Waals surface area contributed by atoms with E-state index in [4.69, 9.17) is 9.47 Å². The highest BCUT2D eigenvalue weighted by molar-refractivity contribution is 5.67. The second-order valence-corrected chi connectivity index (χ2v) is 7.85. The Morgan fingerprint density at radius 2 is 1.87 bits per heavy atom. The predicted molar refractivity (Wildman–Crippen MR) is 109 cm³/mol.